The SMILES string of the molecule is Cn1nnc(CC(NN)C2CCCCO2)n1. The zero-order valence-corrected chi connectivity index (χ0v) is 9.46. The number of aryl methyl sites for hydroxylation is 1. The second kappa shape index (κ2) is 5.33. The van der Waals surface area contributed by atoms with Gasteiger partial charge in [0.2, 0.25) is 0 Å². The average Bonchev–Trinajstić information content (AvgIpc) is 2.73. The summed E-state index contributed by atoms with van der Waals surface area (Å²) in [7, 11) is 1.75. The van der Waals surface area contributed by atoms with E-state index in [0.29, 0.717) is 12.2 Å². The van der Waals surface area contributed by atoms with Crippen LogP contribution in [0.1, 0.15) is 25.1 Å². The Morgan fingerprint density at radius 2 is 2.50 bits per heavy atom. The first-order chi connectivity index (χ1) is 7.79. The molecule has 1 aliphatic rings. The normalized spacial score (nSPS) is 23.2. The van der Waals surface area contributed by atoms with Gasteiger partial charge in [0, 0.05) is 13.0 Å². The van der Waals surface area contributed by atoms with Crippen molar-refractivity contribution in [2.24, 2.45) is 12.9 Å². The van der Waals surface area contributed by atoms with Crippen LogP contribution in [0.4, 0.5) is 0 Å². The molecular formula is C9H18N6O. The van der Waals surface area contributed by atoms with Gasteiger partial charge in [-0.25, -0.2) is 0 Å². The van der Waals surface area contributed by atoms with E-state index in [-0.39, 0.29) is 12.1 Å². The van der Waals surface area contributed by atoms with Crippen molar-refractivity contribution in [3.05, 3.63) is 5.82 Å². The highest BCUT2D eigenvalue weighted by molar-refractivity contribution is 4.88. The molecule has 3 N–H and O–H groups in total. The van der Waals surface area contributed by atoms with E-state index < -0.39 is 0 Å². The molecule has 1 fully saturated rings. The van der Waals surface area contributed by atoms with Crippen LogP contribution in [-0.4, -0.2) is 39.0 Å². The number of hydrazine groups is 1. The Morgan fingerprint density at radius 1 is 1.62 bits per heavy atom. The predicted molar refractivity (Wildman–Crippen MR) is 57.2 cm³/mol. The molecule has 7 nitrogen and oxygen atoms in total. The van der Waals surface area contributed by atoms with Gasteiger partial charge in [-0.3, -0.25) is 11.3 Å². The first-order valence-electron chi connectivity index (χ1n) is 5.60. The van der Waals surface area contributed by atoms with E-state index in [9.17, 15) is 0 Å². The summed E-state index contributed by atoms with van der Waals surface area (Å²) < 4.78 is 5.68. The number of aromatic nitrogens is 4. The largest absolute Gasteiger partial charge is 0.377 e. The van der Waals surface area contributed by atoms with Crippen LogP contribution in [0.25, 0.3) is 0 Å². The van der Waals surface area contributed by atoms with Gasteiger partial charge < -0.3 is 4.74 Å². The summed E-state index contributed by atoms with van der Waals surface area (Å²) in [5, 5.41) is 11.9. The van der Waals surface area contributed by atoms with Crippen LogP contribution in [0, 0.1) is 0 Å². The quantitative estimate of drug-likeness (QED) is 0.513. The summed E-state index contributed by atoms with van der Waals surface area (Å²) in [6, 6.07) is 0.0597. The smallest absolute Gasteiger partial charge is 0.176 e. The first-order valence-corrected chi connectivity index (χ1v) is 5.60. The van der Waals surface area contributed by atoms with E-state index in [1.165, 1.54) is 11.2 Å². The van der Waals surface area contributed by atoms with E-state index in [1.54, 1.807) is 7.05 Å². The van der Waals surface area contributed by atoms with Crippen LogP contribution in [0.15, 0.2) is 0 Å². The van der Waals surface area contributed by atoms with Crippen LogP contribution in [0.2, 0.25) is 0 Å². The molecule has 7 heteroatoms. The van der Waals surface area contributed by atoms with Crippen LogP contribution in [0.3, 0.4) is 0 Å². The number of tetrazole rings is 1. The number of nitrogens with zero attached hydrogens (tertiary/aromatic N) is 4. The van der Waals surface area contributed by atoms with E-state index in [4.69, 9.17) is 10.6 Å². The third-order valence-corrected chi connectivity index (χ3v) is 2.83. The summed E-state index contributed by atoms with van der Waals surface area (Å²) in [6.07, 6.45) is 4.17. The van der Waals surface area contributed by atoms with Gasteiger partial charge >= 0.3 is 0 Å². The molecule has 0 saturated carbocycles. The molecule has 2 unspecified atom stereocenters. The molecule has 2 atom stereocenters. The molecule has 0 aliphatic carbocycles. The summed E-state index contributed by atoms with van der Waals surface area (Å²) in [5.74, 6) is 6.24. The number of hydrogen-bond acceptors (Lipinski definition) is 6. The highest BCUT2D eigenvalue weighted by Crippen LogP contribution is 2.17. The Labute approximate surface area is 94.3 Å². The van der Waals surface area contributed by atoms with Crippen molar-refractivity contribution in [2.45, 2.75) is 37.8 Å². The van der Waals surface area contributed by atoms with Crippen LogP contribution in [0.5, 0.6) is 0 Å². The van der Waals surface area contributed by atoms with Crippen molar-refractivity contribution >= 4 is 0 Å². The van der Waals surface area contributed by atoms with E-state index >= 15 is 0 Å². The standard InChI is InChI=1S/C9H18N6O/c1-15-13-9(12-14-15)6-7(11-10)8-4-2-3-5-16-8/h7-8,11H,2-6,10H2,1H3. The Balaban J connectivity index is 1.94. The molecule has 90 valence electrons. The molecule has 0 aromatic carbocycles. The zero-order chi connectivity index (χ0) is 11.4. The maximum Gasteiger partial charge on any atom is 0.176 e. The van der Waals surface area contributed by atoms with Gasteiger partial charge in [-0.2, -0.15) is 4.80 Å². The lowest BCUT2D eigenvalue weighted by Gasteiger charge is -2.29. The van der Waals surface area contributed by atoms with E-state index in [1.807, 2.05) is 0 Å². The summed E-state index contributed by atoms with van der Waals surface area (Å²) in [5.41, 5.74) is 2.79. The van der Waals surface area contributed by atoms with Crippen LogP contribution in [-0.2, 0) is 18.2 Å². The lowest BCUT2D eigenvalue weighted by atomic mass is 10.00. The van der Waals surface area contributed by atoms with Crippen molar-refractivity contribution in [1.82, 2.24) is 25.6 Å². The van der Waals surface area contributed by atoms with Gasteiger partial charge in [0.05, 0.1) is 19.2 Å². The number of nitrogens with two attached hydrogens (primary N) is 1. The minimum atomic E-state index is 0.0597. The molecule has 2 rings (SSSR count). The summed E-state index contributed by atoms with van der Waals surface area (Å²) in [6.45, 7) is 0.816. The van der Waals surface area contributed by atoms with Crippen molar-refractivity contribution < 1.29 is 4.74 Å². The van der Waals surface area contributed by atoms with Gasteiger partial charge in [0.1, 0.15) is 0 Å². The molecule has 0 amide bonds. The molecule has 1 aromatic rings. The summed E-state index contributed by atoms with van der Waals surface area (Å²) >= 11 is 0. The molecular weight excluding hydrogens is 208 g/mol. The van der Waals surface area contributed by atoms with Crippen molar-refractivity contribution in [3.63, 3.8) is 0 Å². The second-order valence-corrected chi connectivity index (χ2v) is 4.08. The van der Waals surface area contributed by atoms with Gasteiger partial charge in [0.15, 0.2) is 5.82 Å². The topological polar surface area (TPSA) is 90.9 Å². The van der Waals surface area contributed by atoms with Crippen molar-refractivity contribution in [1.29, 1.82) is 0 Å². The maximum absolute atomic E-state index is 5.68. The predicted octanol–water partition coefficient (Wildman–Crippen LogP) is -0.846. The Bertz CT molecular complexity index is 322. The van der Waals surface area contributed by atoms with Crippen LogP contribution >= 0.6 is 0 Å². The minimum absolute atomic E-state index is 0.0597. The fraction of sp³-hybridized carbons (Fsp3) is 0.889. The molecule has 1 saturated heterocycles. The van der Waals surface area contributed by atoms with Gasteiger partial charge in [0.25, 0.3) is 0 Å². The maximum atomic E-state index is 5.68. The van der Waals surface area contributed by atoms with E-state index in [0.717, 1.165) is 19.4 Å². The Morgan fingerprint density at radius 3 is 3.06 bits per heavy atom. The number of nitrogens with one attached hydrogen (secondary N) is 1. The zero-order valence-electron chi connectivity index (χ0n) is 9.46. The second-order valence-electron chi connectivity index (χ2n) is 4.08. The molecule has 2 heterocycles. The molecule has 0 radical (unpaired) electrons. The number of ether oxygens (including phenoxy) is 1. The minimum Gasteiger partial charge on any atom is -0.377 e. The molecule has 1 aromatic heterocycles. The third-order valence-electron chi connectivity index (χ3n) is 2.83. The van der Waals surface area contributed by atoms with Crippen LogP contribution < -0.4 is 11.3 Å². The Kier molecular flexibility index (Phi) is 3.81. The fourth-order valence-corrected chi connectivity index (χ4v) is 1.98. The molecule has 16 heavy (non-hydrogen) atoms. The monoisotopic (exact) mass is 226 g/mol. The van der Waals surface area contributed by atoms with Crippen molar-refractivity contribution in [2.75, 3.05) is 6.61 Å². The summed E-state index contributed by atoms with van der Waals surface area (Å²) in [4.78, 5) is 1.45. The highest BCUT2D eigenvalue weighted by atomic mass is 16.5. The fourth-order valence-electron chi connectivity index (χ4n) is 1.98. The lowest BCUT2D eigenvalue weighted by Crippen LogP contribution is -2.47. The molecule has 0 spiro atoms. The van der Waals surface area contributed by atoms with Gasteiger partial charge in [-0.1, -0.05) is 0 Å². The molecule has 1 aliphatic heterocycles. The van der Waals surface area contributed by atoms with E-state index in [2.05, 4.69) is 20.8 Å². The van der Waals surface area contributed by atoms with Gasteiger partial charge in [-0.15, -0.1) is 10.2 Å². The average molecular weight is 226 g/mol. The third kappa shape index (κ3) is 2.75. The van der Waals surface area contributed by atoms with Crippen molar-refractivity contribution in [3.8, 4) is 0 Å². The van der Waals surface area contributed by atoms with Gasteiger partial charge in [-0.05, 0) is 24.5 Å². The highest BCUT2D eigenvalue weighted by Gasteiger charge is 2.25. The Hall–Kier alpha value is -1.05. The first kappa shape index (κ1) is 11.4. The molecule has 0 bridgehead atoms. The number of rotatable bonds is 4. The lowest BCUT2D eigenvalue weighted by molar-refractivity contribution is -0.00784. The number of hydrogen-bond donors (Lipinski definition) is 2.